The summed E-state index contributed by atoms with van der Waals surface area (Å²) in [4.78, 5) is 0. The van der Waals surface area contributed by atoms with E-state index in [-0.39, 0.29) is 24.8 Å². The molecule has 0 bridgehead atoms. The maximum atomic E-state index is 3.47. The Morgan fingerprint density at radius 3 is 1.46 bits per heavy atom. The SMILES string of the molecule is CC1=C=[C]([Zr])C(C)(C)C1(C)C.Cl.Cl. The van der Waals surface area contributed by atoms with Crippen LogP contribution in [-0.4, -0.2) is 0 Å². The van der Waals surface area contributed by atoms with Crippen LogP contribution in [0.4, 0.5) is 0 Å². The van der Waals surface area contributed by atoms with Gasteiger partial charge in [-0.25, -0.2) is 0 Å². The fourth-order valence-corrected chi connectivity index (χ4v) is 2.51. The Hall–Kier alpha value is 0.983. The zero-order valence-corrected chi connectivity index (χ0v) is 12.9. The van der Waals surface area contributed by atoms with Gasteiger partial charge in [-0.05, 0) is 0 Å². The van der Waals surface area contributed by atoms with Crippen LogP contribution >= 0.6 is 24.8 Å². The van der Waals surface area contributed by atoms with Crippen LogP contribution in [0.2, 0.25) is 0 Å². The molecule has 0 atom stereocenters. The van der Waals surface area contributed by atoms with Crippen molar-refractivity contribution in [2.75, 3.05) is 0 Å². The van der Waals surface area contributed by atoms with Crippen molar-refractivity contribution >= 4 is 24.8 Å². The Kier molecular flexibility index (Phi) is 5.89. The largest absolute Gasteiger partial charge is 0.147 e. The molecule has 0 N–H and O–H groups in total. The Morgan fingerprint density at radius 1 is 1.00 bits per heavy atom. The third kappa shape index (κ3) is 2.32. The van der Waals surface area contributed by atoms with Crippen LogP contribution in [0.5, 0.6) is 0 Å². The second-order valence-corrected chi connectivity index (χ2v) is 5.60. The van der Waals surface area contributed by atoms with Gasteiger partial charge in [-0.1, -0.05) is 0 Å². The molecule has 0 aromatic heterocycles. The summed E-state index contributed by atoms with van der Waals surface area (Å²) in [5.41, 5.74) is 5.52. The van der Waals surface area contributed by atoms with E-state index in [1.807, 2.05) is 0 Å². The van der Waals surface area contributed by atoms with E-state index >= 15 is 0 Å². The van der Waals surface area contributed by atoms with E-state index in [1.165, 1.54) is 33.6 Å². The summed E-state index contributed by atoms with van der Waals surface area (Å²) in [5.74, 6) is 0. The molecule has 1 aliphatic rings. The van der Waals surface area contributed by atoms with Gasteiger partial charge in [0.1, 0.15) is 0 Å². The van der Waals surface area contributed by atoms with Crippen molar-refractivity contribution in [3.8, 4) is 0 Å². The Morgan fingerprint density at radius 2 is 1.38 bits per heavy atom. The number of hydrogen-bond donors (Lipinski definition) is 0. The number of halogens is 2. The standard InChI is InChI=1S/C10H15.2ClH.Zr/c1-8-6-7-9(2,3)10(8,4)5;;;/h1-5H3;2*1H;. The molecule has 0 radical (unpaired) electrons. The fraction of sp³-hybridized carbons (Fsp3) is 0.700. The van der Waals surface area contributed by atoms with E-state index in [0.29, 0.717) is 10.8 Å². The third-order valence-electron chi connectivity index (χ3n) is 3.44. The number of hydrogen-bond acceptors (Lipinski definition) is 0. The van der Waals surface area contributed by atoms with Crippen molar-refractivity contribution in [1.29, 1.82) is 0 Å². The number of allylic oxidation sites excluding steroid dienone is 1. The predicted molar refractivity (Wildman–Crippen MR) is 58.3 cm³/mol. The summed E-state index contributed by atoms with van der Waals surface area (Å²) >= 11 is 1.52. The van der Waals surface area contributed by atoms with Crippen LogP contribution in [0, 0.1) is 10.8 Å². The summed E-state index contributed by atoms with van der Waals surface area (Å²) in [6.45, 7) is 11.5. The van der Waals surface area contributed by atoms with Gasteiger partial charge in [0, 0.05) is 0 Å². The molecular formula is C10H17Cl2Zr. The second kappa shape index (κ2) is 4.67. The maximum absolute atomic E-state index is 3.47. The monoisotopic (exact) mass is 297 g/mol. The first-order chi connectivity index (χ1) is 4.80. The fourth-order valence-electron chi connectivity index (χ4n) is 1.28. The normalized spacial score (nSPS) is 22.2. The maximum Gasteiger partial charge on any atom is -0.147 e. The van der Waals surface area contributed by atoms with Crippen molar-refractivity contribution in [2.45, 2.75) is 34.6 Å². The van der Waals surface area contributed by atoms with Crippen LogP contribution in [0.25, 0.3) is 0 Å². The average Bonchev–Trinajstić information content (AvgIpc) is 1.95. The molecular weight excluding hydrogens is 282 g/mol. The van der Waals surface area contributed by atoms with Crippen LogP contribution in [0.15, 0.2) is 14.6 Å². The smallest absolute Gasteiger partial charge is 0.147 e. The van der Waals surface area contributed by atoms with Gasteiger partial charge >= 0.3 is 84.8 Å². The molecule has 0 saturated carbocycles. The Labute approximate surface area is 109 Å². The molecule has 0 amide bonds. The van der Waals surface area contributed by atoms with Gasteiger partial charge in [0.15, 0.2) is 0 Å². The quantitative estimate of drug-likeness (QED) is 0.596. The first kappa shape index (κ1) is 16.4. The first-order valence-corrected chi connectivity index (χ1v) is 5.23. The molecule has 3 heteroatoms. The molecule has 0 fully saturated rings. The van der Waals surface area contributed by atoms with E-state index < -0.39 is 0 Å². The van der Waals surface area contributed by atoms with E-state index in [9.17, 15) is 0 Å². The van der Waals surface area contributed by atoms with Crippen LogP contribution in [0.3, 0.4) is 0 Å². The molecule has 0 aliphatic heterocycles. The predicted octanol–water partition coefficient (Wildman–Crippen LogP) is 3.87. The van der Waals surface area contributed by atoms with Crippen LogP contribution < -0.4 is 0 Å². The molecule has 0 nitrogen and oxygen atoms in total. The second-order valence-electron chi connectivity index (χ2n) is 4.38. The van der Waals surface area contributed by atoms with E-state index in [4.69, 9.17) is 0 Å². The molecule has 1 rings (SSSR count). The van der Waals surface area contributed by atoms with Crippen molar-refractivity contribution in [3.05, 3.63) is 14.6 Å². The summed E-state index contributed by atoms with van der Waals surface area (Å²) in [6, 6.07) is 0. The summed E-state index contributed by atoms with van der Waals surface area (Å²) in [7, 11) is 0. The van der Waals surface area contributed by atoms with Gasteiger partial charge in [-0.15, -0.1) is 24.8 Å². The van der Waals surface area contributed by atoms with Crippen LogP contribution in [-0.2, 0) is 24.7 Å². The van der Waals surface area contributed by atoms with Gasteiger partial charge in [0.05, 0.1) is 0 Å². The molecule has 0 aromatic rings. The first-order valence-electron chi connectivity index (χ1n) is 4.00. The zero-order chi connectivity index (χ0) is 8.86. The Bertz CT molecular complexity index is 234. The van der Waals surface area contributed by atoms with Crippen molar-refractivity contribution in [2.24, 2.45) is 10.8 Å². The summed E-state index contributed by atoms with van der Waals surface area (Å²) < 4.78 is 1.48. The molecule has 1 aliphatic carbocycles. The minimum absolute atomic E-state index is 0. The molecule has 75 valence electrons. The minimum atomic E-state index is 0. The number of rotatable bonds is 0. The average molecular weight is 299 g/mol. The van der Waals surface area contributed by atoms with E-state index in [0.717, 1.165) is 0 Å². The van der Waals surface area contributed by atoms with Crippen molar-refractivity contribution < 1.29 is 24.7 Å². The van der Waals surface area contributed by atoms with Gasteiger partial charge < -0.3 is 0 Å². The van der Waals surface area contributed by atoms with Crippen molar-refractivity contribution in [1.82, 2.24) is 0 Å². The molecule has 0 spiro atoms. The van der Waals surface area contributed by atoms with E-state index in [1.54, 1.807) is 0 Å². The summed E-state index contributed by atoms with van der Waals surface area (Å²) in [6.07, 6.45) is 0. The summed E-state index contributed by atoms with van der Waals surface area (Å²) in [5, 5.41) is 0. The molecule has 0 saturated heterocycles. The van der Waals surface area contributed by atoms with E-state index in [2.05, 4.69) is 40.3 Å². The van der Waals surface area contributed by atoms with Gasteiger partial charge in [-0.2, -0.15) is 0 Å². The van der Waals surface area contributed by atoms with Gasteiger partial charge in [-0.3, -0.25) is 0 Å². The van der Waals surface area contributed by atoms with Crippen LogP contribution in [0.1, 0.15) is 34.6 Å². The van der Waals surface area contributed by atoms with Gasteiger partial charge in [0.25, 0.3) is 0 Å². The third-order valence-corrected chi connectivity index (χ3v) is 5.28. The zero-order valence-electron chi connectivity index (χ0n) is 8.82. The molecule has 0 unspecified atom stereocenters. The minimum Gasteiger partial charge on any atom is -0.147 e. The molecule has 0 aromatic carbocycles. The molecule has 0 heterocycles. The topological polar surface area (TPSA) is 0 Å². The molecule has 13 heavy (non-hydrogen) atoms. The Balaban J connectivity index is 0. The van der Waals surface area contributed by atoms with Crippen molar-refractivity contribution in [3.63, 3.8) is 0 Å². The van der Waals surface area contributed by atoms with Gasteiger partial charge in [0.2, 0.25) is 0 Å².